The number of rotatable bonds is 10. The second kappa shape index (κ2) is 22.9. The smallest absolute Gasteiger partial charge is 0.0920 e. The summed E-state index contributed by atoms with van der Waals surface area (Å²) < 4.78 is 0. The van der Waals surface area contributed by atoms with Crippen molar-refractivity contribution in [3.63, 3.8) is 0 Å². The van der Waals surface area contributed by atoms with Crippen LogP contribution in [0.2, 0.25) is 0 Å². The first-order valence-electron chi connectivity index (χ1n) is 21.7. The van der Waals surface area contributed by atoms with Crippen LogP contribution in [-0.2, 0) is 46.5 Å². The van der Waals surface area contributed by atoms with Crippen LogP contribution in [0.15, 0.2) is 140 Å². The largest absolute Gasteiger partial charge is 0.184 e. The van der Waals surface area contributed by atoms with Crippen molar-refractivity contribution in [2.24, 2.45) is 0 Å². The Kier molecular flexibility index (Phi) is 17.4. The molecular formula is C56H57Cl2SiZr-3. The number of halogens is 2. The van der Waals surface area contributed by atoms with Gasteiger partial charge >= 0.3 is 37.9 Å². The van der Waals surface area contributed by atoms with Gasteiger partial charge in [0.05, 0.1) is 9.52 Å². The van der Waals surface area contributed by atoms with Gasteiger partial charge in [-0.1, -0.05) is 159 Å². The summed E-state index contributed by atoms with van der Waals surface area (Å²) in [6.45, 7) is 13.5. The van der Waals surface area contributed by atoms with Crippen molar-refractivity contribution in [3.8, 4) is 33.4 Å². The van der Waals surface area contributed by atoms with E-state index in [1.807, 2.05) is 6.07 Å². The van der Waals surface area contributed by atoms with E-state index < -0.39 is 20.8 Å². The molecule has 1 heterocycles. The van der Waals surface area contributed by atoms with Crippen LogP contribution in [0.4, 0.5) is 0 Å². The van der Waals surface area contributed by atoms with E-state index in [2.05, 4.69) is 181 Å². The summed E-state index contributed by atoms with van der Waals surface area (Å²) in [5.74, 6) is 0. The second-order valence-corrected chi connectivity index (χ2v) is 20.7. The molecule has 0 bridgehead atoms. The third-order valence-electron chi connectivity index (χ3n) is 11.6. The molecule has 9 rings (SSSR count). The Morgan fingerprint density at radius 2 is 1.00 bits per heavy atom. The molecule has 0 saturated heterocycles. The summed E-state index contributed by atoms with van der Waals surface area (Å²) in [6.07, 6.45) is 9.60. The predicted molar refractivity (Wildman–Crippen MR) is 263 cm³/mol. The van der Waals surface area contributed by atoms with Gasteiger partial charge < -0.3 is 0 Å². The number of benzene rings is 6. The Labute approximate surface area is 381 Å². The van der Waals surface area contributed by atoms with Gasteiger partial charge in [-0.15, -0.1) is 74.6 Å². The molecule has 0 unspecified atom stereocenters. The summed E-state index contributed by atoms with van der Waals surface area (Å²) >= 11 is -0.826. The molecule has 4 heteroatoms. The van der Waals surface area contributed by atoms with Gasteiger partial charge in [-0.3, -0.25) is 0 Å². The van der Waals surface area contributed by atoms with E-state index in [1.54, 1.807) is 0 Å². The van der Waals surface area contributed by atoms with E-state index in [-0.39, 0.29) is 0 Å². The van der Waals surface area contributed by atoms with Gasteiger partial charge in [0.1, 0.15) is 0 Å². The Morgan fingerprint density at radius 3 is 1.48 bits per heavy atom. The summed E-state index contributed by atoms with van der Waals surface area (Å²) in [6, 6.07) is 54.5. The Balaban J connectivity index is 0.000000150. The van der Waals surface area contributed by atoms with Gasteiger partial charge in [-0.05, 0) is 61.8 Å². The average molecular weight is 920 g/mol. The molecule has 8 aromatic rings. The number of hydrogen-bond acceptors (Lipinski definition) is 0. The fraction of sp³-hybridized carbons (Fsp3) is 0.250. The summed E-state index contributed by atoms with van der Waals surface area (Å²) in [5, 5.41) is 8.44. The van der Waals surface area contributed by atoms with Crippen molar-refractivity contribution in [3.05, 3.63) is 179 Å². The first-order valence-corrected chi connectivity index (χ1v) is 29.1. The molecule has 60 heavy (non-hydrogen) atoms. The molecule has 0 saturated carbocycles. The van der Waals surface area contributed by atoms with Crippen molar-refractivity contribution in [2.75, 3.05) is 0 Å². The van der Waals surface area contributed by atoms with Crippen LogP contribution in [-0.4, -0.2) is 9.52 Å². The van der Waals surface area contributed by atoms with Crippen molar-refractivity contribution >= 4 is 58.5 Å². The number of unbranched alkanes of at least 4 members (excludes halogenated alkanes) is 2. The zero-order valence-corrected chi connectivity index (χ0v) is 41.2. The quantitative estimate of drug-likeness (QED) is 0.0947. The van der Waals surface area contributed by atoms with Gasteiger partial charge in [-0.25, -0.2) is 0 Å². The molecule has 0 amide bonds. The Bertz CT molecular complexity index is 2430. The van der Waals surface area contributed by atoms with Crippen LogP contribution in [0, 0.1) is 19.9 Å². The average Bonchev–Trinajstić information content (AvgIpc) is 4.01. The van der Waals surface area contributed by atoms with E-state index >= 15 is 0 Å². The van der Waals surface area contributed by atoms with Crippen LogP contribution >= 0.6 is 17.0 Å². The Hall–Kier alpha value is -3.78. The molecule has 0 spiro atoms. The maximum atomic E-state index is 4.93. The molecular weight excluding hydrogens is 863 g/mol. The van der Waals surface area contributed by atoms with E-state index in [9.17, 15) is 0 Å². The zero-order chi connectivity index (χ0) is 42.4. The minimum absolute atomic E-state index is 0.795. The molecule has 306 valence electrons. The van der Waals surface area contributed by atoms with Crippen molar-refractivity contribution in [1.82, 2.24) is 0 Å². The van der Waals surface area contributed by atoms with Crippen molar-refractivity contribution in [1.29, 1.82) is 0 Å². The second-order valence-electron chi connectivity index (χ2n) is 15.7. The minimum Gasteiger partial charge on any atom is -0.184 e. The number of fused-ring (bicyclic) bond motifs is 5. The molecule has 8 aromatic carbocycles. The van der Waals surface area contributed by atoms with Gasteiger partial charge in [0.2, 0.25) is 0 Å². The molecule has 0 N–H and O–H groups in total. The van der Waals surface area contributed by atoms with E-state index in [4.69, 9.17) is 17.0 Å². The number of aryl methyl sites for hydroxylation is 6. The first kappa shape index (κ1) is 45.7. The molecule has 0 fully saturated rings. The van der Waals surface area contributed by atoms with Crippen LogP contribution in [0.5, 0.6) is 0 Å². The zero-order valence-electron chi connectivity index (χ0n) is 36.2. The standard InChI is InChI=1S/2C22H25.C12H7Si.2ClH.Zr/c2*1-4-6-9-17-14-19-13-12-16(3)22(21(19)15-17)20-11-8-7-10-18(20)5-2;1-3-7-11-9(5-1)10-6-2-4-8-12(10)13-11;;;/h2*7-8,10-15H,4-6,9H2,1-3H3;1-7H;2*1H;/q3*-1;;;+2/p-2. The van der Waals surface area contributed by atoms with Crippen molar-refractivity contribution < 1.29 is 20.8 Å². The molecule has 0 aliphatic carbocycles. The summed E-state index contributed by atoms with van der Waals surface area (Å²) in [4.78, 5) is 0. The normalized spacial score (nSPS) is 11.1. The summed E-state index contributed by atoms with van der Waals surface area (Å²) in [7, 11) is 10.7. The fourth-order valence-electron chi connectivity index (χ4n) is 8.54. The molecule has 1 aliphatic rings. The van der Waals surface area contributed by atoms with Crippen LogP contribution in [0.1, 0.15) is 86.8 Å². The minimum atomic E-state index is -0.826. The van der Waals surface area contributed by atoms with Gasteiger partial charge in [0, 0.05) is 0 Å². The van der Waals surface area contributed by atoms with Crippen LogP contribution < -0.4 is 10.4 Å². The van der Waals surface area contributed by atoms with E-state index in [0.717, 1.165) is 22.4 Å². The molecule has 1 aliphatic heterocycles. The van der Waals surface area contributed by atoms with Gasteiger partial charge in [0.25, 0.3) is 0 Å². The van der Waals surface area contributed by atoms with Crippen LogP contribution in [0.3, 0.4) is 0 Å². The molecule has 2 radical (unpaired) electrons. The molecule has 0 aromatic heterocycles. The third kappa shape index (κ3) is 11.0. The molecule has 0 atom stereocenters. The third-order valence-corrected chi connectivity index (χ3v) is 13.0. The number of hydrogen-bond donors (Lipinski definition) is 0. The fourth-order valence-corrected chi connectivity index (χ4v) is 9.85. The SMILES string of the molecule is CCCCc1cc2c(-c3ccccc3CC)c(C)ccc2[cH-]1.CCCCc1cc2c(-c3ccccc3CC)c(C)ccc2[cH-]1.[Cl][Zr][Cl].[c-]1cccc2c1[Si]c1ccccc1-2. The Morgan fingerprint density at radius 1 is 0.550 bits per heavy atom. The summed E-state index contributed by atoms with van der Waals surface area (Å²) in [5.41, 5.74) is 17.0. The van der Waals surface area contributed by atoms with E-state index in [1.165, 1.54) is 137 Å². The van der Waals surface area contributed by atoms with Gasteiger partial charge in [0.15, 0.2) is 0 Å². The van der Waals surface area contributed by atoms with Crippen molar-refractivity contribution in [2.45, 2.75) is 92.9 Å². The maximum absolute atomic E-state index is 4.93. The van der Waals surface area contributed by atoms with Crippen LogP contribution in [0.25, 0.3) is 54.9 Å². The van der Waals surface area contributed by atoms with Gasteiger partial charge in [-0.2, -0.15) is 41.6 Å². The predicted octanol–water partition coefficient (Wildman–Crippen LogP) is 15.4. The maximum Gasteiger partial charge on any atom is 0.0920 e. The topological polar surface area (TPSA) is 0 Å². The monoisotopic (exact) mass is 917 g/mol. The molecule has 0 nitrogen and oxygen atoms in total. The first-order chi connectivity index (χ1) is 29.3. The van der Waals surface area contributed by atoms with E-state index in [0.29, 0.717) is 0 Å².